The molecule has 0 aliphatic heterocycles. The summed E-state index contributed by atoms with van der Waals surface area (Å²) in [4.78, 5) is 2.03. The molecular formula is C12H16FN3. The van der Waals surface area contributed by atoms with Gasteiger partial charge in [-0.3, -0.25) is 5.32 Å². The van der Waals surface area contributed by atoms with Gasteiger partial charge in [0.05, 0.1) is 6.07 Å². The molecule has 1 rings (SSSR count). The molecule has 0 fully saturated rings. The summed E-state index contributed by atoms with van der Waals surface area (Å²) >= 11 is 0. The smallest absolute Gasteiger partial charge is 0.123 e. The van der Waals surface area contributed by atoms with Gasteiger partial charge in [-0.15, -0.1) is 0 Å². The number of nitriles is 1. The van der Waals surface area contributed by atoms with Gasteiger partial charge in [0.2, 0.25) is 0 Å². The van der Waals surface area contributed by atoms with Crippen LogP contribution in [0.15, 0.2) is 24.3 Å². The van der Waals surface area contributed by atoms with Gasteiger partial charge in [-0.1, -0.05) is 12.1 Å². The summed E-state index contributed by atoms with van der Waals surface area (Å²) in [5.41, 5.74) is 0.794. The fourth-order valence-corrected chi connectivity index (χ4v) is 1.33. The fraction of sp³-hybridized carbons (Fsp3) is 0.417. The highest BCUT2D eigenvalue weighted by molar-refractivity contribution is 5.24. The molecule has 0 radical (unpaired) electrons. The van der Waals surface area contributed by atoms with Gasteiger partial charge in [-0.25, -0.2) is 4.39 Å². The highest BCUT2D eigenvalue weighted by atomic mass is 19.1. The highest BCUT2D eigenvalue weighted by Gasteiger charge is 2.09. The normalized spacial score (nSPS) is 12.4. The van der Waals surface area contributed by atoms with Crippen molar-refractivity contribution < 1.29 is 4.39 Å². The number of hydrogen-bond donors (Lipinski definition) is 1. The van der Waals surface area contributed by atoms with Crippen LogP contribution in [0.2, 0.25) is 0 Å². The molecule has 0 saturated carbocycles. The number of likely N-dealkylation sites (N-methyl/N-ethyl adjacent to an activating group) is 1. The minimum atomic E-state index is -0.374. The molecule has 1 aromatic carbocycles. The number of nitrogens with zero attached hydrogens (tertiary/aromatic N) is 2. The third kappa shape index (κ3) is 3.97. The fourth-order valence-electron chi connectivity index (χ4n) is 1.33. The van der Waals surface area contributed by atoms with Gasteiger partial charge in [-0.05, 0) is 31.8 Å². The Hall–Kier alpha value is -1.44. The van der Waals surface area contributed by atoms with Gasteiger partial charge < -0.3 is 4.90 Å². The summed E-state index contributed by atoms with van der Waals surface area (Å²) in [6.07, 6.45) is 0. The van der Waals surface area contributed by atoms with Crippen molar-refractivity contribution in [2.24, 2.45) is 0 Å². The summed E-state index contributed by atoms with van der Waals surface area (Å²) in [7, 11) is 3.95. The molecule has 1 N–H and O–H groups in total. The van der Waals surface area contributed by atoms with E-state index in [2.05, 4.69) is 11.4 Å². The first-order chi connectivity index (χ1) is 7.63. The van der Waals surface area contributed by atoms with Crippen molar-refractivity contribution >= 4 is 0 Å². The predicted octanol–water partition coefficient (Wildman–Crippen LogP) is 1.54. The van der Waals surface area contributed by atoms with Gasteiger partial charge in [0.25, 0.3) is 0 Å². The number of hydrogen-bond acceptors (Lipinski definition) is 3. The van der Waals surface area contributed by atoms with E-state index in [9.17, 15) is 4.39 Å². The quantitative estimate of drug-likeness (QED) is 0.819. The Morgan fingerprint density at radius 1 is 1.38 bits per heavy atom. The molecule has 0 heterocycles. The summed E-state index contributed by atoms with van der Waals surface area (Å²) in [6.45, 7) is 1.59. The summed E-state index contributed by atoms with van der Waals surface area (Å²) in [5.74, 6) is -0.284. The van der Waals surface area contributed by atoms with E-state index in [4.69, 9.17) is 5.26 Å². The Balaban J connectivity index is 2.55. The summed E-state index contributed by atoms with van der Waals surface area (Å²) < 4.78 is 12.7. The van der Waals surface area contributed by atoms with Gasteiger partial charge in [0.1, 0.15) is 11.9 Å². The lowest BCUT2D eigenvalue weighted by Crippen LogP contribution is -2.29. The third-order valence-electron chi connectivity index (χ3n) is 2.24. The van der Waals surface area contributed by atoms with E-state index in [1.165, 1.54) is 12.1 Å². The van der Waals surface area contributed by atoms with Gasteiger partial charge in [-0.2, -0.15) is 5.26 Å². The molecule has 0 bridgehead atoms. The Morgan fingerprint density at radius 2 is 2.00 bits per heavy atom. The van der Waals surface area contributed by atoms with E-state index in [0.29, 0.717) is 0 Å². The van der Waals surface area contributed by atoms with Crippen LogP contribution in [-0.2, 0) is 0 Å². The maximum absolute atomic E-state index is 12.7. The van der Waals surface area contributed by atoms with Crippen LogP contribution in [0.1, 0.15) is 11.6 Å². The molecule has 3 nitrogen and oxygen atoms in total. The lowest BCUT2D eigenvalue weighted by Gasteiger charge is -2.14. The van der Waals surface area contributed by atoms with Crippen LogP contribution < -0.4 is 5.32 Å². The van der Waals surface area contributed by atoms with Gasteiger partial charge in [0, 0.05) is 13.1 Å². The predicted molar refractivity (Wildman–Crippen MR) is 61.3 cm³/mol. The molecular weight excluding hydrogens is 205 g/mol. The summed E-state index contributed by atoms with van der Waals surface area (Å²) in [5, 5.41) is 12.1. The van der Waals surface area contributed by atoms with Crippen molar-refractivity contribution in [2.75, 3.05) is 27.2 Å². The first-order valence-electron chi connectivity index (χ1n) is 5.16. The molecule has 4 heteroatoms. The Labute approximate surface area is 95.5 Å². The van der Waals surface area contributed by atoms with Crippen molar-refractivity contribution in [3.63, 3.8) is 0 Å². The van der Waals surface area contributed by atoms with Crippen LogP contribution in [0.25, 0.3) is 0 Å². The third-order valence-corrected chi connectivity index (χ3v) is 2.24. The van der Waals surface area contributed by atoms with Crippen LogP contribution in [0.4, 0.5) is 4.39 Å². The monoisotopic (exact) mass is 221 g/mol. The number of nitrogens with one attached hydrogen (secondary N) is 1. The van der Waals surface area contributed by atoms with E-state index < -0.39 is 0 Å². The second kappa shape index (κ2) is 6.21. The highest BCUT2D eigenvalue weighted by Crippen LogP contribution is 2.12. The average molecular weight is 221 g/mol. The van der Waals surface area contributed by atoms with Crippen molar-refractivity contribution in [1.82, 2.24) is 10.2 Å². The minimum absolute atomic E-state index is 0.284. The molecule has 1 aromatic rings. The first kappa shape index (κ1) is 12.6. The molecule has 0 aliphatic rings. The van der Waals surface area contributed by atoms with E-state index >= 15 is 0 Å². The van der Waals surface area contributed by atoms with Crippen LogP contribution in [0.5, 0.6) is 0 Å². The topological polar surface area (TPSA) is 39.1 Å². The Morgan fingerprint density at radius 3 is 2.50 bits per heavy atom. The van der Waals surface area contributed by atoms with Gasteiger partial charge in [0.15, 0.2) is 0 Å². The molecule has 0 saturated heterocycles. The second-order valence-corrected chi connectivity index (χ2v) is 3.87. The van der Waals surface area contributed by atoms with Crippen molar-refractivity contribution in [1.29, 1.82) is 5.26 Å². The van der Waals surface area contributed by atoms with Crippen LogP contribution in [0, 0.1) is 17.1 Å². The zero-order valence-corrected chi connectivity index (χ0v) is 9.57. The minimum Gasteiger partial charge on any atom is -0.308 e. The standard InChI is InChI=1S/C12H16FN3/c1-16(2)8-7-15-12(9-14)10-3-5-11(13)6-4-10/h3-6,12,15H,7-8H2,1-2H3. The average Bonchev–Trinajstić information content (AvgIpc) is 2.26. The Kier molecular flexibility index (Phi) is 4.90. The SMILES string of the molecule is CN(C)CCNC(C#N)c1ccc(F)cc1. The van der Waals surface area contributed by atoms with Crippen LogP contribution in [-0.4, -0.2) is 32.1 Å². The maximum Gasteiger partial charge on any atom is 0.123 e. The zero-order chi connectivity index (χ0) is 12.0. The van der Waals surface area contributed by atoms with Crippen LogP contribution >= 0.6 is 0 Å². The largest absolute Gasteiger partial charge is 0.308 e. The second-order valence-electron chi connectivity index (χ2n) is 3.87. The van der Waals surface area contributed by atoms with E-state index in [-0.39, 0.29) is 11.9 Å². The molecule has 0 aliphatic carbocycles. The number of rotatable bonds is 5. The molecule has 86 valence electrons. The Bertz CT molecular complexity index is 354. The van der Waals surface area contributed by atoms with E-state index in [1.54, 1.807) is 12.1 Å². The molecule has 1 atom stereocenters. The number of halogens is 1. The van der Waals surface area contributed by atoms with E-state index in [0.717, 1.165) is 18.7 Å². The van der Waals surface area contributed by atoms with Crippen LogP contribution in [0.3, 0.4) is 0 Å². The zero-order valence-electron chi connectivity index (χ0n) is 9.57. The maximum atomic E-state index is 12.7. The molecule has 1 unspecified atom stereocenters. The lowest BCUT2D eigenvalue weighted by atomic mass is 10.1. The van der Waals surface area contributed by atoms with Crippen molar-refractivity contribution in [3.05, 3.63) is 35.6 Å². The lowest BCUT2D eigenvalue weighted by molar-refractivity contribution is 0.395. The first-order valence-corrected chi connectivity index (χ1v) is 5.16. The van der Waals surface area contributed by atoms with Crippen molar-refractivity contribution in [2.45, 2.75) is 6.04 Å². The molecule has 0 spiro atoms. The molecule has 16 heavy (non-hydrogen) atoms. The molecule has 0 aromatic heterocycles. The number of benzene rings is 1. The molecule has 0 amide bonds. The van der Waals surface area contributed by atoms with Gasteiger partial charge >= 0.3 is 0 Å². The van der Waals surface area contributed by atoms with Crippen molar-refractivity contribution in [3.8, 4) is 6.07 Å². The summed E-state index contributed by atoms with van der Waals surface area (Å²) in [6, 6.07) is 7.78. The van der Waals surface area contributed by atoms with E-state index in [1.807, 2.05) is 19.0 Å².